The molecule has 34 heavy (non-hydrogen) atoms. The first-order valence-corrected chi connectivity index (χ1v) is 12.4. The molecule has 4 rings (SSSR count). The van der Waals surface area contributed by atoms with Gasteiger partial charge in [0.2, 0.25) is 0 Å². The summed E-state index contributed by atoms with van der Waals surface area (Å²) in [5.41, 5.74) is 1.53. The molecule has 1 aliphatic heterocycles. The summed E-state index contributed by atoms with van der Waals surface area (Å²) >= 11 is 7.83. The second-order valence-electron chi connectivity index (χ2n) is 8.13. The third-order valence-corrected chi connectivity index (χ3v) is 7.24. The first-order valence-electron chi connectivity index (χ1n) is 11.1. The zero-order chi connectivity index (χ0) is 24.2. The number of nitrogens with zero attached hydrogens (tertiary/aromatic N) is 2. The highest BCUT2D eigenvalue weighted by molar-refractivity contribution is 7.11. The number of ether oxygens (including phenoxy) is 2. The zero-order valence-corrected chi connectivity index (χ0v) is 20.4. The monoisotopic (exact) mass is 505 g/mol. The molecular weight excluding hydrogens is 481 g/mol. The lowest BCUT2D eigenvalue weighted by molar-refractivity contribution is -0.146. The van der Waals surface area contributed by atoms with Crippen LogP contribution in [-0.2, 0) is 19.1 Å². The Morgan fingerprint density at radius 1 is 1.26 bits per heavy atom. The lowest BCUT2D eigenvalue weighted by Gasteiger charge is -2.34. The number of halogens is 2. The number of carbonyl (C=O) groups excluding carboxylic acids is 2. The highest BCUT2D eigenvalue weighted by Crippen LogP contribution is 2.42. The number of aromatic nitrogens is 1. The summed E-state index contributed by atoms with van der Waals surface area (Å²) < 4.78 is 24.1. The summed E-state index contributed by atoms with van der Waals surface area (Å²) in [6, 6.07) is 3.26. The van der Waals surface area contributed by atoms with Gasteiger partial charge in [-0.1, -0.05) is 17.7 Å². The minimum Gasteiger partial charge on any atom is -0.469 e. The van der Waals surface area contributed by atoms with E-state index in [9.17, 15) is 14.0 Å². The molecule has 0 bridgehead atoms. The van der Waals surface area contributed by atoms with Crippen molar-refractivity contribution in [3.05, 3.63) is 62.5 Å². The molecule has 2 heterocycles. The molecule has 1 aromatic carbocycles. The molecule has 0 amide bonds. The lowest BCUT2D eigenvalue weighted by atomic mass is 9.78. The van der Waals surface area contributed by atoms with E-state index in [1.54, 1.807) is 19.2 Å². The van der Waals surface area contributed by atoms with Crippen molar-refractivity contribution in [3.63, 3.8) is 0 Å². The number of benzene rings is 1. The molecule has 1 N–H and O–H groups in total. The van der Waals surface area contributed by atoms with E-state index < -0.39 is 17.8 Å². The van der Waals surface area contributed by atoms with E-state index in [4.69, 9.17) is 26.1 Å². The van der Waals surface area contributed by atoms with Crippen molar-refractivity contribution in [1.29, 1.82) is 0 Å². The van der Waals surface area contributed by atoms with Gasteiger partial charge in [-0.15, -0.1) is 11.3 Å². The molecule has 2 aromatic rings. The van der Waals surface area contributed by atoms with Gasteiger partial charge in [0.15, 0.2) is 10.8 Å². The summed E-state index contributed by atoms with van der Waals surface area (Å²) in [4.78, 5) is 34.4. The normalized spacial score (nSPS) is 22.6. The van der Waals surface area contributed by atoms with Crippen molar-refractivity contribution in [2.45, 2.75) is 38.6 Å². The Bertz CT molecular complexity index is 1130. The Balaban J connectivity index is 1.80. The Hall–Kier alpha value is -2.78. The SMILES string of the molecule is CCOC(=O)C1=C([C@H]2CC[C@H](C(=O)OC)CC2)NC(c2nccs2)=NC1c1ccc(F)cc1Cl. The second kappa shape index (κ2) is 10.7. The molecule has 0 spiro atoms. The molecule has 1 aliphatic carbocycles. The molecule has 0 radical (unpaired) electrons. The maximum absolute atomic E-state index is 13.8. The van der Waals surface area contributed by atoms with Crippen LogP contribution in [0, 0.1) is 17.7 Å². The van der Waals surface area contributed by atoms with Gasteiger partial charge < -0.3 is 14.8 Å². The summed E-state index contributed by atoms with van der Waals surface area (Å²) in [6.45, 7) is 1.93. The van der Waals surface area contributed by atoms with Gasteiger partial charge in [0.05, 0.1) is 25.2 Å². The van der Waals surface area contributed by atoms with Crippen LogP contribution in [-0.4, -0.2) is 36.5 Å². The fraction of sp³-hybridized carbons (Fsp3) is 0.417. The van der Waals surface area contributed by atoms with Crippen molar-refractivity contribution in [2.75, 3.05) is 13.7 Å². The van der Waals surface area contributed by atoms with Gasteiger partial charge in [-0.05, 0) is 50.7 Å². The number of esters is 2. The number of hydrogen-bond acceptors (Lipinski definition) is 8. The maximum atomic E-state index is 13.8. The molecule has 1 fully saturated rings. The van der Waals surface area contributed by atoms with Crippen molar-refractivity contribution >= 4 is 40.7 Å². The third-order valence-electron chi connectivity index (χ3n) is 6.13. The largest absolute Gasteiger partial charge is 0.469 e. The Kier molecular flexibility index (Phi) is 7.63. The van der Waals surface area contributed by atoms with E-state index >= 15 is 0 Å². The fourth-order valence-electron chi connectivity index (χ4n) is 4.50. The fourth-order valence-corrected chi connectivity index (χ4v) is 5.36. The topological polar surface area (TPSA) is 89.9 Å². The van der Waals surface area contributed by atoms with Crippen LogP contribution in [0.3, 0.4) is 0 Å². The van der Waals surface area contributed by atoms with Crippen molar-refractivity contribution in [2.24, 2.45) is 16.8 Å². The van der Waals surface area contributed by atoms with E-state index in [2.05, 4.69) is 10.3 Å². The van der Waals surface area contributed by atoms with Crippen molar-refractivity contribution < 1.29 is 23.5 Å². The molecule has 1 saturated carbocycles. The number of carbonyl (C=O) groups is 2. The Labute approximate surface area is 206 Å². The van der Waals surface area contributed by atoms with Crippen LogP contribution in [0.1, 0.15) is 49.2 Å². The zero-order valence-electron chi connectivity index (χ0n) is 18.8. The highest BCUT2D eigenvalue weighted by atomic mass is 35.5. The van der Waals surface area contributed by atoms with E-state index in [0.29, 0.717) is 53.4 Å². The van der Waals surface area contributed by atoms with Gasteiger partial charge >= 0.3 is 11.9 Å². The van der Waals surface area contributed by atoms with Crippen LogP contribution >= 0.6 is 22.9 Å². The van der Waals surface area contributed by atoms with Crippen LogP contribution < -0.4 is 5.32 Å². The minimum atomic E-state index is -0.791. The van der Waals surface area contributed by atoms with Gasteiger partial charge in [-0.25, -0.2) is 14.2 Å². The van der Waals surface area contributed by atoms with Crippen LogP contribution in [0.2, 0.25) is 5.02 Å². The molecule has 0 saturated heterocycles. The number of nitrogens with one attached hydrogen (secondary N) is 1. The maximum Gasteiger partial charge on any atom is 0.338 e. The number of amidine groups is 1. The summed E-state index contributed by atoms with van der Waals surface area (Å²) in [5.74, 6) is -0.880. The van der Waals surface area contributed by atoms with Crippen LogP contribution in [0.4, 0.5) is 4.39 Å². The summed E-state index contributed by atoms with van der Waals surface area (Å²) in [5, 5.41) is 6.02. The number of thiazole rings is 1. The second-order valence-corrected chi connectivity index (χ2v) is 9.43. The van der Waals surface area contributed by atoms with E-state index in [1.165, 1.54) is 30.6 Å². The standard InChI is InChI=1S/C24H25ClFN3O4S/c1-3-33-24(31)18-19(13-4-6-14(7-5-13)23(30)32-2)28-21(22-27-10-11-34-22)29-20(18)16-9-8-15(26)12-17(16)25/h8-14,20H,3-7H2,1-2H3,(H,28,29)/t13-,14-,20?. The third kappa shape index (κ3) is 5.00. The van der Waals surface area contributed by atoms with Crippen molar-refractivity contribution in [1.82, 2.24) is 10.3 Å². The molecule has 180 valence electrons. The number of hydrogen-bond donors (Lipinski definition) is 1. The van der Waals surface area contributed by atoms with Crippen LogP contribution in [0.25, 0.3) is 0 Å². The summed E-state index contributed by atoms with van der Waals surface area (Å²) in [6.07, 6.45) is 4.32. The van der Waals surface area contributed by atoms with E-state index in [-0.39, 0.29) is 29.4 Å². The molecule has 1 aromatic heterocycles. The molecule has 1 unspecified atom stereocenters. The first-order chi connectivity index (χ1) is 16.4. The summed E-state index contributed by atoms with van der Waals surface area (Å²) in [7, 11) is 1.40. The smallest absolute Gasteiger partial charge is 0.338 e. The number of allylic oxidation sites excluding steroid dienone is 1. The average Bonchev–Trinajstić information content (AvgIpc) is 3.38. The first kappa shape index (κ1) is 24.3. The van der Waals surface area contributed by atoms with Gasteiger partial charge in [0, 0.05) is 27.9 Å². The van der Waals surface area contributed by atoms with Gasteiger partial charge in [-0.2, -0.15) is 0 Å². The van der Waals surface area contributed by atoms with Crippen molar-refractivity contribution in [3.8, 4) is 0 Å². The predicted molar refractivity (Wildman–Crippen MR) is 127 cm³/mol. The molecular formula is C24H25ClFN3O4S. The van der Waals surface area contributed by atoms with E-state index in [1.807, 2.05) is 5.38 Å². The Morgan fingerprint density at radius 3 is 2.65 bits per heavy atom. The van der Waals surface area contributed by atoms with Gasteiger partial charge in [0.1, 0.15) is 11.9 Å². The molecule has 7 nitrogen and oxygen atoms in total. The number of rotatable bonds is 6. The molecule has 1 atom stereocenters. The highest BCUT2D eigenvalue weighted by Gasteiger charge is 2.38. The molecule has 2 aliphatic rings. The number of aliphatic imine (C=N–C) groups is 1. The average molecular weight is 506 g/mol. The minimum absolute atomic E-state index is 0.0347. The van der Waals surface area contributed by atoms with Gasteiger partial charge in [0.25, 0.3) is 0 Å². The molecule has 10 heteroatoms. The number of methoxy groups -OCH3 is 1. The van der Waals surface area contributed by atoms with Crippen LogP contribution in [0.5, 0.6) is 0 Å². The predicted octanol–water partition coefficient (Wildman–Crippen LogP) is 4.82. The quantitative estimate of drug-likeness (QED) is 0.566. The van der Waals surface area contributed by atoms with Crippen LogP contribution in [0.15, 0.2) is 46.0 Å². The Morgan fingerprint density at radius 2 is 2.03 bits per heavy atom. The lowest BCUT2D eigenvalue weighted by Crippen LogP contribution is -2.38. The van der Waals surface area contributed by atoms with E-state index in [0.717, 1.165) is 0 Å². The van der Waals surface area contributed by atoms with Gasteiger partial charge in [-0.3, -0.25) is 9.79 Å².